The molecule has 0 nitrogen and oxygen atoms in total. The van der Waals surface area contributed by atoms with Crippen LogP contribution in [0.4, 0.5) is 0 Å². The first-order valence-corrected chi connectivity index (χ1v) is 3.11. The van der Waals surface area contributed by atoms with Crippen LogP contribution in [0.25, 0.3) is 0 Å². The van der Waals surface area contributed by atoms with Crippen LogP contribution >= 0.6 is 25.3 Å². The van der Waals surface area contributed by atoms with Crippen molar-refractivity contribution in [1.29, 1.82) is 0 Å². The number of allylic oxidation sites excluding steroid dienone is 2. The van der Waals surface area contributed by atoms with Gasteiger partial charge in [-0.2, -0.15) is 25.3 Å². The van der Waals surface area contributed by atoms with Gasteiger partial charge in [-0.25, -0.2) is 0 Å². The fourth-order valence-corrected chi connectivity index (χ4v) is 0.461. The van der Waals surface area contributed by atoms with Gasteiger partial charge in [-0.15, -0.1) is 0 Å². The molecule has 2 heteroatoms. The second kappa shape index (κ2) is 4.60. The van der Waals surface area contributed by atoms with Crippen molar-refractivity contribution in [2.75, 3.05) is 0 Å². The van der Waals surface area contributed by atoms with Gasteiger partial charge in [-0.3, -0.25) is 0 Å². The number of hydrogen-bond acceptors (Lipinski definition) is 2. The molecular weight excluding hydrogens is 124 g/mol. The first kappa shape index (κ1) is 7.44. The molecule has 0 aromatic heterocycles. The first-order valence-electron chi connectivity index (χ1n) is 2.07. The van der Waals surface area contributed by atoms with E-state index in [1.54, 1.807) is 6.08 Å². The molecule has 0 fully saturated rings. The van der Waals surface area contributed by atoms with Crippen molar-refractivity contribution in [3.8, 4) is 0 Å². The van der Waals surface area contributed by atoms with Crippen molar-refractivity contribution in [2.24, 2.45) is 0 Å². The molecular formula is C5H9S2. The molecule has 0 rings (SSSR count). The molecule has 0 aliphatic carbocycles. The topological polar surface area (TPSA) is 0 Å². The molecule has 41 valence electrons. The second-order valence-corrected chi connectivity index (χ2v) is 2.84. The number of hydrogen-bond donors (Lipinski definition) is 2. The molecule has 7 heavy (non-hydrogen) atoms. The van der Waals surface area contributed by atoms with Gasteiger partial charge in [0.1, 0.15) is 0 Å². The normalized spacial score (nSPS) is 11.4. The minimum absolute atomic E-state index is 0.165. The van der Waals surface area contributed by atoms with E-state index in [0.717, 1.165) is 6.42 Å². The molecule has 0 N–H and O–H groups in total. The van der Waals surface area contributed by atoms with E-state index in [9.17, 15) is 0 Å². The standard InChI is InChI=1S/C5H9S2/c1-2-3-4-5(6)7/h2-3,5-7H,1,4H2. The first-order chi connectivity index (χ1) is 3.27. The van der Waals surface area contributed by atoms with E-state index in [-0.39, 0.29) is 4.58 Å². The third-order valence-corrected chi connectivity index (χ3v) is 0.935. The SMILES string of the molecule is [CH2]C=CCC(S)S. The summed E-state index contributed by atoms with van der Waals surface area (Å²) in [5.74, 6) is 0. The van der Waals surface area contributed by atoms with E-state index in [1.807, 2.05) is 6.08 Å². The van der Waals surface area contributed by atoms with Crippen molar-refractivity contribution in [1.82, 2.24) is 0 Å². The highest BCUT2D eigenvalue weighted by atomic mass is 32.2. The lowest BCUT2D eigenvalue weighted by molar-refractivity contribution is 1.20. The highest BCUT2D eigenvalue weighted by Crippen LogP contribution is 2.04. The minimum atomic E-state index is 0.165. The van der Waals surface area contributed by atoms with Crippen LogP contribution in [0.5, 0.6) is 0 Å². The Bertz CT molecular complexity index is 57.1. The summed E-state index contributed by atoms with van der Waals surface area (Å²) in [4.78, 5) is 0. The molecule has 0 heterocycles. The van der Waals surface area contributed by atoms with Gasteiger partial charge in [0.05, 0.1) is 0 Å². The predicted octanol–water partition coefficient (Wildman–Crippen LogP) is 1.95. The zero-order valence-corrected chi connectivity index (χ0v) is 5.83. The Morgan fingerprint density at radius 1 is 1.57 bits per heavy atom. The van der Waals surface area contributed by atoms with Crippen LogP contribution in [-0.4, -0.2) is 4.58 Å². The van der Waals surface area contributed by atoms with Gasteiger partial charge < -0.3 is 0 Å². The summed E-state index contributed by atoms with van der Waals surface area (Å²) in [6.45, 7) is 3.51. The van der Waals surface area contributed by atoms with Crippen molar-refractivity contribution in [3.05, 3.63) is 19.1 Å². The highest BCUT2D eigenvalue weighted by Gasteiger charge is 1.85. The molecule has 0 unspecified atom stereocenters. The van der Waals surface area contributed by atoms with Crippen molar-refractivity contribution in [2.45, 2.75) is 11.0 Å². The summed E-state index contributed by atoms with van der Waals surface area (Å²) in [5.41, 5.74) is 0. The van der Waals surface area contributed by atoms with Gasteiger partial charge in [0, 0.05) is 4.58 Å². The predicted molar refractivity (Wildman–Crippen MR) is 40.9 cm³/mol. The molecule has 0 aliphatic heterocycles. The van der Waals surface area contributed by atoms with Gasteiger partial charge in [-0.1, -0.05) is 12.2 Å². The fraction of sp³-hybridized carbons (Fsp3) is 0.400. The maximum Gasteiger partial charge on any atom is 0.0476 e. The lowest BCUT2D eigenvalue weighted by Crippen LogP contribution is -1.79. The Morgan fingerprint density at radius 2 is 2.14 bits per heavy atom. The lowest BCUT2D eigenvalue weighted by atomic mass is 10.4. The maximum absolute atomic E-state index is 4.02. The molecule has 0 atom stereocenters. The quantitative estimate of drug-likeness (QED) is 0.417. The van der Waals surface area contributed by atoms with Crippen LogP contribution in [0, 0.1) is 6.92 Å². The molecule has 0 aliphatic rings. The molecule has 0 saturated carbocycles. The van der Waals surface area contributed by atoms with Crippen LogP contribution < -0.4 is 0 Å². The Balaban J connectivity index is 2.97. The smallest absolute Gasteiger partial charge is 0.0476 e. The zero-order valence-electron chi connectivity index (χ0n) is 4.04. The van der Waals surface area contributed by atoms with Crippen molar-refractivity contribution < 1.29 is 0 Å². The van der Waals surface area contributed by atoms with E-state index in [0.29, 0.717) is 0 Å². The summed E-state index contributed by atoms with van der Waals surface area (Å²) in [6, 6.07) is 0. The molecule has 0 spiro atoms. The summed E-state index contributed by atoms with van der Waals surface area (Å²) in [5, 5.41) is 0. The third-order valence-electron chi connectivity index (χ3n) is 0.514. The monoisotopic (exact) mass is 133 g/mol. The van der Waals surface area contributed by atoms with Crippen LogP contribution in [0.3, 0.4) is 0 Å². The number of rotatable bonds is 2. The Hall–Kier alpha value is 0.440. The summed E-state index contributed by atoms with van der Waals surface area (Å²) in [6.07, 6.45) is 4.57. The average molecular weight is 133 g/mol. The van der Waals surface area contributed by atoms with E-state index in [1.165, 1.54) is 0 Å². The highest BCUT2D eigenvalue weighted by molar-refractivity contribution is 7.99. The molecule has 1 radical (unpaired) electrons. The average Bonchev–Trinajstić information content (AvgIpc) is 1.61. The maximum atomic E-state index is 4.02. The van der Waals surface area contributed by atoms with Gasteiger partial charge in [0.2, 0.25) is 0 Å². The summed E-state index contributed by atoms with van der Waals surface area (Å²) in [7, 11) is 0. The zero-order chi connectivity index (χ0) is 5.70. The van der Waals surface area contributed by atoms with Crippen LogP contribution in [0.1, 0.15) is 6.42 Å². The van der Waals surface area contributed by atoms with Gasteiger partial charge in [-0.05, 0) is 13.3 Å². The molecule has 0 saturated heterocycles. The fourth-order valence-electron chi connectivity index (χ4n) is 0.218. The van der Waals surface area contributed by atoms with Crippen LogP contribution in [-0.2, 0) is 0 Å². The second-order valence-electron chi connectivity index (χ2n) is 1.19. The van der Waals surface area contributed by atoms with Crippen molar-refractivity contribution in [3.63, 3.8) is 0 Å². The van der Waals surface area contributed by atoms with E-state index < -0.39 is 0 Å². The van der Waals surface area contributed by atoms with Crippen LogP contribution in [0.15, 0.2) is 12.2 Å². The van der Waals surface area contributed by atoms with Gasteiger partial charge >= 0.3 is 0 Å². The summed E-state index contributed by atoms with van der Waals surface area (Å²) >= 11 is 8.03. The van der Waals surface area contributed by atoms with E-state index >= 15 is 0 Å². The molecule has 0 amide bonds. The Labute approximate surface area is 55.8 Å². The minimum Gasteiger partial charge on any atom is -0.165 e. The Morgan fingerprint density at radius 3 is 2.29 bits per heavy atom. The molecule has 0 aromatic carbocycles. The van der Waals surface area contributed by atoms with Gasteiger partial charge in [0.25, 0.3) is 0 Å². The Kier molecular flexibility index (Phi) is 4.88. The molecule has 0 bridgehead atoms. The number of thiol groups is 2. The van der Waals surface area contributed by atoms with Crippen LogP contribution in [0.2, 0.25) is 0 Å². The lowest BCUT2D eigenvalue weighted by Gasteiger charge is -1.92. The van der Waals surface area contributed by atoms with Gasteiger partial charge in [0.15, 0.2) is 0 Å². The molecule has 0 aromatic rings. The van der Waals surface area contributed by atoms with Crippen molar-refractivity contribution >= 4 is 25.3 Å². The van der Waals surface area contributed by atoms with E-state index in [2.05, 4.69) is 32.2 Å². The largest absolute Gasteiger partial charge is 0.165 e. The summed E-state index contributed by atoms with van der Waals surface area (Å²) < 4.78 is 0.165. The third kappa shape index (κ3) is 6.44. The van der Waals surface area contributed by atoms with E-state index in [4.69, 9.17) is 0 Å².